The zero-order chi connectivity index (χ0) is 18.4. The lowest BCUT2D eigenvalue weighted by Crippen LogP contribution is -2.25. The number of methoxy groups -OCH3 is 1. The van der Waals surface area contributed by atoms with Crippen molar-refractivity contribution in [3.63, 3.8) is 0 Å². The van der Waals surface area contributed by atoms with E-state index in [0.29, 0.717) is 5.89 Å². The monoisotopic (exact) mass is 363 g/mol. The summed E-state index contributed by atoms with van der Waals surface area (Å²) < 4.78 is 11.6. The van der Waals surface area contributed by atoms with Crippen molar-refractivity contribution in [1.82, 2.24) is 15.2 Å². The Kier molecular flexibility index (Phi) is 4.14. The third-order valence-corrected chi connectivity index (χ3v) is 6.07. The zero-order valence-corrected chi connectivity index (χ0v) is 15.9. The van der Waals surface area contributed by atoms with E-state index in [-0.39, 0.29) is 0 Å². The molecule has 2 aliphatic heterocycles. The van der Waals surface area contributed by atoms with Crippen molar-refractivity contribution in [3.05, 3.63) is 47.9 Å². The largest absolute Gasteiger partial charge is 0.496 e. The Morgan fingerprint density at radius 3 is 2.59 bits per heavy atom. The van der Waals surface area contributed by atoms with Gasteiger partial charge in [-0.15, -0.1) is 0 Å². The van der Waals surface area contributed by atoms with Crippen LogP contribution in [0.15, 0.2) is 40.8 Å². The Labute approximate surface area is 159 Å². The van der Waals surface area contributed by atoms with Crippen molar-refractivity contribution in [3.8, 4) is 17.2 Å². The topological polar surface area (TPSA) is 50.5 Å². The molecule has 3 heterocycles. The maximum atomic E-state index is 6.10. The summed E-state index contributed by atoms with van der Waals surface area (Å²) >= 11 is 0. The number of likely N-dealkylation sites (tertiary alicyclic amines) is 1. The fraction of sp³-hybridized carbons (Fsp3) is 0.409. The van der Waals surface area contributed by atoms with E-state index in [0.717, 1.165) is 78.1 Å². The van der Waals surface area contributed by atoms with E-state index in [1.807, 2.05) is 31.2 Å². The van der Waals surface area contributed by atoms with Gasteiger partial charge in [-0.3, -0.25) is 4.90 Å². The van der Waals surface area contributed by atoms with Crippen LogP contribution in [0.5, 0.6) is 5.75 Å². The fourth-order valence-electron chi connectivity index (χ4n) is 4.62. The summed E-state index contributed by atoms with van der Waals surface area (Å²) in [6.07, 6.45) is 0. The molecule has 0 saturated carbocycles. The van der Waals surface area contributed by atoms with E-state index in [4.69, 9.17) is 14.1 Å². The summed E-state index contributed by atoms with van der Waals surface area (Å²) in [5.41, 5.74) is 2.07. The van der Waals surface area contributed by atoms with E-state index in [9.17, 15) is 0 Å². The van der Waals surface area contributed by atoms with Crippen molar-refractivity contribution in [2.45, 2.75) is 13.5 Å². The number of hydrogen-bond donors (Lipinski definition) is 1. The molecule has 0 bridgehead atoms. The number of nitrogens with zero attached hydrogens (tertiary/aromatic N) is 2. The summed E-state index contributed by atoms with van der Waals surface area (Å²) in [4.78, 5) is 7.40. The van der Waals surface area contributed by atoms with Gasteiger partial charge in [-0.1, -0.05) is 24.3 Å². The Hall–Kier alpha value is -2.37. The minimum absolute atomic E-state index is 0.697. The number of nitrogens with one attached hydrogen (secondary N) is 1. The Bertz CT molecular complexity index is 969. The highest BCUT2D eigenvalue weighted by Gasteiger charge is 2.36. The van der Waals surface area contributed by atoms with Crippen molar-refractivity contribution in [2.24, 2.45) is 11.8 Å². The van der Waals surface area contributed by atoms with Crippen LogP contribution in [0, 0.1) is 18.8 Å². The summed E-state index contributed by atoms with van der Waals surface area (Å²) in [6.45, 7) is 7.52. The molecule has 2 saturated heterocycles. The molecule has 27 heavy (non-hydrogen) atoms. The fourth-order valence-corrected chi connectivity index (χ4v) is 4.62. The molecule has 0 spiro atoms. The zero-order valence-electron chi connectivity index (χ0n) is 15.9. The molecule has 5 rings (SSSR count). The summed E-state index contributed by atoms with van der Waals surface area (Å²) in [5, 5.41) is 5.68. The average molecular weight is 363 g/mol. The second-order valence-corrected chi connectivity index (χ2v) is 7.76. The number of rotatable bonds is 4. The average Bonchev–Trinajstić information content (AvgIpc) is 3.36. The highest BCUT2D eigenvalue weighted by Crippen LogP contribution is 2.35. The second-order valence-electron chi connectivity index (χ2n) is 7.76. The van der Waals surface area contributed by atoms with Crippen molar-refractivity contribution in [2.75, 3.05) is 33.3 Å². The first-order valence-corrected chi connectivity index (χ1v) is 9.68. The van der Waals surface area contributed by atoms with Crippen molar-refractivity contribution >= 4 is 10.8 Å². The molecule has 5 heteroatoms. The molecule has 2 atom stereocenters. The lowest BCUT2D eigenvalue weighted by atomic mass is 10.0. The minimum Gasteiger partial charge on any atom is -0.496 e. The van der Waals surface area contributed by atoms with Gasteiger partial charge in [0, 0.05) is 30.6 Å². The number of aryl methyl sites for hydroxylation is 1. The highest BCUT2D eigenvalue weighted by molar-refractivity contribution is 5.98. The van der Waals surface area contributed by atoms with E-state index < -0.39 is 0 Å². The van der Waals surface area contributed by atoms with Gasteiger partial charge in [0.1, 0.15) is 11.5 Å². The third-order valence-electron chi connectivity index (χ3n) is 6.07. The molecule has 140 valence electrons. The van der Waals surface area contributed by atoms with Crippen molar-refractivity contribution in [1.29, 1.82) is 0 Å². The molecule has 0 radical (unpaired) electrons. The van der Waals surface area contributed by atoms with Crippen LogP contribution in [-0.4, -0.2) is 43.2 Å². The smallest absolute Gasteiger partial charge is 0.227 e. The lowest BCUT2D eigenvalue weighted by Gasteiger charge is -2.15. The van der Waals surface area contributed by atoms with Gasteiger partial charge in [-0.25, -0.2) is 4.98 Å². The molecule has 2 aromatic carbocycles. The molecular formula is C22H25N3O2. The van der Waals surface area contributed by atoms with Crippen LogP contribution in [-0.2, 0) is 6.54 Å². The predicted octanol–water partition coefficient (Wildman–Crippen LogP) is 3.46. The van der Waals surface area contributed by atoms with Gasteiger partial charge in [-0.05, 0) is 49.4 Å². The molecule has 5 nitrogen and oxygen atoms in total. The SMILES string of the molecule is COc1ccc(-c2nc(CN3C[C@H]4CNC[C@H]4C3)c(C)o2)c2ccccc12. The van der Waals surface area contributed by atoms with Crippen LogP contribution in [0.4, 0.5) is 0 Å². The standard InChI is InChI=1S/C22H25N3O2/c1-14-20(13-25-11-15-9-23-10-16(15)12-25)24-22(27-14)19-7-8-21(26-2)18-6-4-3-5-17(18)19/h3-8,15-16,23H,9-13H2,1-2H3/t15-,16+. The number of hydrogen-bond acceptors (Lipinski definition) is 5. The molecule has 0 unspecified atom stereocenters. The molecule has 0 amide bonds. The molecule has 1 aromatic heterocycles. The van der Waals surface area contributed by atoms with E-state index >= 15 is 0 Å². The normalized spacial score (nSPS) is 22.4. The minimum atomic E-state index is 0.697. The van der Waals surface area contributed by atoms with E-state index in [1.165, 1.54) is 0 Å². The quantitative estimate of drug-likeness (QED) is 0.769. The Morgan fingerprint density at radius 2 is 1.85 bits per heavy atom. The van der Waals surface area contributed by atoms with Crippen molar-refractivity contribution < 1.29 is 9.15 Å². The molecular weight excluding hydrogens is 338 g/mol. The number of oxazole rings is 1. The van der Waals surface area contributed by atoms with Crippen LogP contribution >= 0.6 is 0 Å². The van der Waals surface area contributed by atoms with Gasteiger partial charge in [0.05, 0.1) is 12.8 Å². The first-order chi connectivity index (χ1) is 13.2. The molecule has 2 fully saturated rings. The third kappa shape index (κ3) is 2.91. The molecule has 3 aromatic rings. The molecule has 1 N–H and O–H groups in total. The van der Waals surface area contributed by atoms with Crippen LogP contribution in [0.2, 0.25) is 0 Å². The number of ether oxygens (including phenoxy) is 1. The van der Waals surface area contributed by atoms with Gasteiger partial charge < -0.3 is 14.5 Å². The van der Waals surface area contributed by atoms with Gasteiger partial charge in [0.25, 0.3) is 0 Å². The molecule has 0 aliphatic carbocycles. The van der Waals surface area contributed by atoms with Gasteiger partial charge >= 0.3 is 0 Å². The van der Waals surface area contributed by atoms with Crippen LogP contribution in [0.3, 0.4) is 0 Å². The van der Waals surface area contributed by atoms with E-state index in [2.05, 4.69) is 22.3 Å². The Morgan fingerprint density at radius 1 is 1.11 bits per heavy atom. The summed E-state index contributed by atoms with van der Waals surface area (Å²) in [5.74, 6) is 4.07. The number of fused-ring (bicyclic) bond motifs is 2. The first kappa shape index (κ1) is 16.8. The summed E-state index contributed by atoms with van der Waals surface area (Å²) in [7, 11) is 1.70. The maximum absolute atomic E-state index is 6.10. The Balaban J connectivity index is 1.46. The number of benzene rings is 2. The van der Waals surface area contributed by atoms with Gasteiger partial charge in [0.15, 0.2) is 0 Å². The molecule has 2 aliphatic rings. The number of aromatic nitrogens is 1. The maximum Gasteiger partial charge on any atom is 0.227 e. The van der Waals surface area contributed by atoms with Crippen LogP contribution < -0.4 is 10.1 Å². The predicted molar refractivity (Wildman–Crippen MR) is 106 cm³/mol. The summed E-state index contributed by atoms with van der Waals surface area (Å²) in [6, 6.07) is 12.3. The van der Waals surface area contributed by atoms with E-state index in [1.54, 1.807) is 7.11 Å². The second kappa shape index (κ2) is 6.66. The first-order valence-electron chi connectivity index (χ1n) is 9.68. The highest BCUT2D eigenvalue weighted by atomic mass is 16.5. The van der Waals surface area contributed by atoms with Crippen LogP contribution in [0.25, 0.3) is 22.2 Å². The van der Waals surface area contributed by atoms with Crippen LogP contribution in [0.1, 0.15) is 11.5 Å². The van der Waals surface area contributed by atoms with Gasteiger partial charge in [-0.2, -0.15) is 0 Å². The lowest BCUT2D eigenvalue weighted by molar-refractivity contribution is 0.300. The van der Waals surface area contributed by atoms with Gasteiger partial charge in [0.2, 0.25) is 5.89 Å².